The number of hydrogen-bond acceptors (Lipinski definition) is 3. The van der Waals surface area contributed by atoms with Crippen molar-refractivity contribution in [2.24, 2.45) is 0 Å². The maximum absolute atomic E-state index is 10.6. The molecule has 0 bridgehead atoms. The highest BCUT2D eigenvalue weighted by Crippen LogP contribution is 2.19. The second kappa shape index (κ2) is 2.54. The number of nitrogens with one attached hydrogen (secondary N) is 1. The molecule has 1 aromatic heterocycles. The van der Waals surface area contributed by atoms with Gasteiger partial charge in [0.2, 0.25) is 0 Å². The van der Waals surface area contributed by atoms with E-state index in [0.717, 1.165) is 5.56 Å². The minimum absolute atomic E-state index is 0.0637. The van der Waals surface area contributed by atoms with Crippen LogP contribution in [-0.2, 0) is 4.74 Å². The van der Waals surface area contributed by atoms with Crippen molar-refractivity contribution < 1.29 is 9.53 Å². The fourth-order valence-corrected chi connectivity index (χ4v) is 1.75. The van der Waals surface area contributed by atoms with Gasteiger partial charge in [0.15, 0.2) is 0 Å². The summed E-state index contributed by atoms with van der Waals surface area (Å²) in [6.45, 7) is 0.454. The van der Waals surface area contributed by atoms with E-state index in [-0.39, 0.29) is 12.1 Å². The van der Waals surface area contributed by atoms with Gasteiger partial charge < -0.3 is 10.1 Å². The number of alkyl carbamates (subject to hydrolysis) is 1. The summed E-state index contributed by atoms with van der Waals surface area (Å²) in [5.41, 5.74) is 1.13. The number of rotatable bonds is 1. The Morgan fingerprint density at radius 2 is 2.64 bits per heavy atom. The summed E-state index contributed by atoms with van der Waals surface area (Å²) in [5, 5.41) is 6.70. The summed E-state index contributed by atoms with van der Waals surface area (Å²) in [5.74, 6) is 0. The molecular weight excluding hydrogens is 162 g/mol. The molecule has 0 saturated carbocycles. The second-order valence-corrected chi connectivity index (χ2v) is 3.13. The van der Waals surface area contributed by atoms with Crippen LogP contribution in [0.3, 0.4) is 0 Å². The molecule has 0 spiro atoms. The smallest absolute Gasteiger partial charge is 0.407 e. The molecule has 0 aromatic carbocycles. The Bertz CT molecular complexity index is 257. The number of hydrogen-bond donors (Lipinski definition) is 1. The third-order valence-corrected chi connectivity index (χ3v) is 2.32. The fraction of sp³-hybridized carbons (Fsp3) is 0.286. The lowest BCUT2D eigenvalue weighted by molar-refractivity contribution is 0.177. The van der Waals surface area contributed by atoms with Gasteiger partial charge in [-0.05, 0) is 22.4 Å². The molecule has 4 heteroatoms. The number of ether oxygens (including phenoxy) is 1. The van der Waals surface area contributed by atoms with E-state index < -0.39 is 0 Å². The summed E-state index contributed by atoms with van der Waals surface area (Å²) < 4.78 is 4.74. The normalized spacial score (nSPS) is 22.9. The summed E-state index contributed by atoms with van der Waals surface area (Å²) in [6, 6.07) is 2.05. The molecule has 2 rings (SSSR count). The molecule has 1 amide bonds. The van der Waals surface area contributed by atoms with Crippen LogP contribution in [0, 0.1) is 0 Å². The Kier molecular flexibility index (Phi) is 1.54. The van der Waals surface area contributed by atoms with E-state index in [9.17, 15) is 4.79 Å². The molecule has 1 aliphatic rings. The topological polar surface area (TPSA) is 38.3 Å². The van der Waals surface area contributed by atoms with E-state index in [1.807, 2.05) is 16.8 Å². The molecule has 3 nitrogen and oxygen atoms in total. The monoisotopic (exact) mass is 169 g/mol. The predicted octanol–water partition coefficient (Wildman–Crippen LogP) is 1.53. The number of cyclic esters (lactones) is 1. The van der Waals surface area contributed by atoms with E-state index in [1.54, 1.807) is 11.3 Å². The Balaban J connectivity index is 2.13. The number of carbonyl (C=O) groups excluding carboxylic acids is 1. The highest BCUT2D eigenvalue weighted by molar-refractivity contribution is 7.07. The first-order valence-electron chi connectivity index (χ1n) is 3.31. The van der Waals surface area contributed by atoms with E-state index in [1.165, 1.54) is 0 Å². The van der Waals surface area contributed by atoms with Crippen LogP contribution >= 0.6 is 11.3 Å². The molecule has 0 radical (unpaired) electrons. The second-order valence-electron chi connectivity index (χ2n) is 2.35. The zero-order chi connectivity index (χ0) is 7.68. The fourth-order valence-electron chi connectivity index (χ4n) is 1.04. The van der Waals surface area contributed by atoms with Crippen molar-refractivity contribution in [3.63, 3.8) is 0 Å². The first-order valence-corrected chi connectivity index (χ1v) is 4.26. The standard InChI is InChI=1S/C7H7NO2S/c9-7-8-6(3-10-7)5-1-2-11-4-5/h1-2,4,6H,3H2,(H,8,9)/t6-/m0/s1. The van der Waals surface area contributed by atoms with E-state index in [4.69, 9.17) is 4.74 Å². The Morgan fingerprint density at radius 3 is 3.18 bits per heavy atom. The van der Waals surface area contributed by atoms with E-state index >= 15 is 0 Å². The first-order chi connectivity index (χ1) is 5.36. The van der Waals surface area contributed by atoms with Gasteiger partial charge in [-0.3, -0.25) is 0 Å². The highest BCUT2D eigenvalue weighted by atomic mass is 32.1. The van der Waals surface area contributed by atoms with Crippen LogP contribution < -0.4 is 5.32 Å². The lowest BCUT2D eigenvalue weighted by Gasteiger charge is -2.01. The largest absolute Gasteiger partial charge is 0.447 e. The van der Waals surface area contributed by atoms with Crippen molar-refractivity contribution >= 4 is 17.4 Å². The lowest BCUT2D eigenvalue weighted by Crippen LogP contribution is -2.17. The minimum atomic E-state index is -0.318. The molecule has 2 heterocycles. The van der Waals surface area contributed by atoms with Gasteiger partial charge in [0, 0.05) is 0 Å². The third kappa shape index (κ3) is 1.21. The average Bonchev–Trinajstić information content (AvgIpc) is 2.55. The van der Waals surface area contributed by atoms with Gasteiger partial charge in [0.1, 0.15) is 6.61 Å². The average molecular weight is 169 g/mol. The Hall–Kier alpha value is -1.03. The molecule has 1 aliphatic heterocycles. The van der Waals surface area contributed by atoms with Gasteiger partial charge in [-0.25, -0.2) is 4.79 Å². The van der Waals surface area contributed by atoms with Crippen LogP contribution in [-0.4, -0.2) is 12.7 Å². The van der Waals surface area contributed by atoms with Crippen molar-refractivity contribution in [3.8, 4) is 0 Å². The van der Waals surface area contributed by atoms with Gasteiger partial charge in [-0.15, -0.1) is 0 Å². The molecule has 1 aromatic rings. The minimum Gasteiger partial charge on any atom is -0.447 e. The van der Waals surface area contributed by atoms with Crippen LogP contribution in [0.4, 0.5) is 4.79 Å². The SMILES string of the molecule is O=C1N[C@H](c2ccsc2)CO1. The Labute approximate surface area is 68.0 Å². The van der Waals surface area contributed by atoms with Crippen molar-refractivity contribution in [3.05, 3.63) is 22.4 Å². The lowest BCUT2D eigenvalue weighted by atomic mass is 10.2. The molecule has 1 N–H and O–H groups in total. The molecule has 1 saturated heterocycles. The van der Waals surface area contributed by atoms with Crippen molar-refractivity contribution in [1.82, 2.24) is 5.32 Å². The van der Waals surface area contributed by atoms with Gasteiger partial charge >= 0.3 is 6.09 Å². The van der Waals surface area contributed by atoms with Gasteiger partial charge in [0.25, 0.3) is 0 Å². The summed E-state index contributed by atoms with van der Waals surface area (Å²) in [7, 11) is 0. The first kappa shape index (κ1) is 6.67. The quantitative estimate of drug-likeness (QED) is 0.692. The van der Waals surface area contributed by atoms with Gasteiger partial charge in [-0.2, -0.15) is 11.3 Å². The molecule has 1 fully saturated rings. The van der Waals surface area contributed by atoms with Crippen LogP contribution in [0.15, 0.2) is 16.8 Å². The molecule has 1 atom stereocenters. The van der Waals surface area contributed by atoms with Crippen LogP contribution in [0.2, 0.25) is 0 Å². The van der Waals surface area contributed by atoms with Crippen LogP contribution in [0.1, 0.15) is 11.6 Å². The summed E-state index contributed by atoms with van der Waals surface area (Å²) >= 11 is 1.62. The van der Waals surface area contributed by atoms with Crippen molar-refractivity contribution in [2.45, 2.75) is 6.04 Å². The maximum atomic E-state index is 10.6. The Morgan fingerprint density at radius 1 is 1.73 bits per heavy atom. The highest BCUT2D eigenvalue weighted by Gasteiger charge is 2.23. The van der Waals surface area contributed by atoms with E-state index in [2.05, 4.69) is 5.32 Å². The van der Waals surface area contributed by atoms with Crippen LogP contribution in [0.5, 0.6) is 0 Å². The van der Waals surface area contributed by atoms with E-state index in [0.29, 0.717) is 6.61 Å². The number of carbonyl (C=O) groups is 1. The summed E-state index contributed by atoms with van der Waals surface area (Å²) in [6.07, 6.45) is -0.318. The third-order valence-electron chi connectivity index (χ3n) is 1.62. The van der Waals surface area contributed by atoms with Gasteiger partial charge in [-0.1, -0.05) is 0 Å². The molecule has 58 valence electrons. The number of amides is 1. The summed E-state index contributed by atoms with van der Waals surface area (Å²) in [4.78, 5) is 10.6. The molecule has 0 aliphatic carbocycles. The molecule has 11 heavy (non-hydrogen) atoms. The zero-order valence-corrected chi connectivity index (χ0v) is 6.56. The zero-order valence-electron chi connectivity index (χ0n) is 5.74. The van der Waals surface area contributed by atoms with Gasteiger partial charge in [0.05, 0.1) is 6.04 Å². The molecule has 0 unspecified atom stereocenters. The van der Waals surface area contributed by atoms with Crippen molar-refractivity contribution in [1.29, 1.82) is 0 Å². The van der Waals surface area contributed by atoms with Crippen molar-refractivity contribution in [2.75, 3.05) is 6.61 Å². The number of thiophene rings is 1. The predicted molar refractivity (Wildman–Crippen MR) is 41.5 cm³/mol. The van der Waals surface area contributed by atoms with Crippen LogP contribution in [0.25, 0.3) is 0 Å². The maximum Gasteiger partial charge on any atom is 0.407 e. The molecular formula is C7H7NO2S.